The van der Waals surface area contributed by atoms with Gasteiger partial charge in [0.1, 0.15) is 17.2 Å². The molecule has 0 saturated carbocycles. The van der Waals surface area contributed by atoms with E-state index in [-0.39, 0.29) is 11.5 Å². The third-order valence-corrected chi connectivity index (χ3v) is 7.18. The van der Waals surface area contributed by atoms with Gasteiger partial charge in [0.05, 0.1) is 18.8 Å². The summed E-state index contributed by atoms with van der Waals surface area (Å²) in [6.07, 6.45) is 0.158. The maximum atomic E-state index is 13.5. The lowest BCUT2D eigenvalue weighted by atomic mass is 9.91. The van der Waals surface area contributed by atoms with Gasteiger partial charge in [-0.2, -0.15) is 13.2 Å². The van der Waals surface area contributed by atoms with E-state index in [1.54, 1.807) is 25.3 Å². The van der Waals surface area contributed by atoms with Crippen LogP contribution in [0.3, 0.4) is 0 Å². The number of halogens is 3. The highest BCUT2D eigenvalue weighted by Crippen LogP contribution is 2.40. The van der Waals surface area contributed by atoms with Crippen molar-refractivity contribution in [1.29, 1.82) is 0 Å². The lowest BCUT2D eigenvalue weighted by Crippen LogP contribution is -2.49. The van der Waals surface area contributed by atoms with Crippen LogP contribution < -0.4 is 9.47 Å². The van der Waals surface area contributed by atoms with Crippen LogP contribution in [0.15, 0.2) is 60.7 Å². The topological polar surface area (TPSA) is 41.9 Å². The fourth-order valence-electron chi connectivity index (χ4n) is 5.12. The van der Waals surface area contributed by atoms with Gasteiger partial charge in [-0.1, -0.05) is 49.7 Å². The minimum absolute atomic E-state index is 0.125. The lowest BCUT2D eigenvalue weighted by molar-refractivity contribution is -0.136. The van der Waals surface area contributed by atoms with Gasteiger partial charge in [0.25, 0.3) is 0 Å². The molecule has 0 bridgehead atoms. The molecule has 0 radical (unpaired) electrons. The van der Waals surface area contributed by atoms with E-state index in [0.29, 0.717) is 30.4 Å². The summed E-state index contributed by atoms with van der Waals surface area (Å²) in [6.45, 7) is 3.61. The highest BCUT2D eigenvalue weighted by atomic mass is 19.4. The first kappa shape index (κ1) is 26.3. The average Bonchev–Trinajstić information content (AvgIpc) is 2.90. The number of rotatable bonds is 9. The van der Waals surface area contributed by atoms with E-state index in [4.69, 9.17) is 9.47 Å². The highest BCUT2D eigenvalue weighted by molar-refractivity contribution is 5.91. The fourth-order valence-corrected chi connectivity index (χ4v) is 5.12. The first-order valence-electron chi connectivity index (χ1n) is 12.6. The van der Waals surface area contributed by atoms with Crippen molar-refractivity contribution in [3.63, 3.8) is 0 Å². The zero-order valence-corrected chi connectivity index (χ0v) is 20.9. The number of alkyl halides is 3. The molecule has 1 saturated heterocycles. The van der Waals surface area contributed by atoms with Crippen molar-refractivity contribution in [2.45, 2.75) is 63.5 Å². The molecule has 1 aliphatic rings. The normalized spacial score (nSPS) is 17.5. The number of nitrogens with zero attached hydrogens (tertiary/aromatic N) is 1. The minimum atomic E-state index is -4.44. The first-order chi connectivity index (χ1) is 17.3. The molecule has 2 atom stereocenters. The molecule has 2 unspecified atom stereocenters. The Morgan fingerprint density at radius 2 is 1.58 bits per heavy atom. The average molecular weight is 502 g/mol. The monoisotopic (exact) mass is 501 g/mol. The van der Waals surface area contributed by atoms with Crippen LogP contribution in [-0.2, 0) is 11.9 Å². The molecule has 3 aromatic rings. The Morgan fingerprint density at radius 1 is 0.917 bits per heavy atom. The SMILES string of the molecule is CCC(CCC(O)(c1ccc(OC)cc1)N1CCCCC1)Oc1ccc(C(F)(F)F)c2ccccc12. The van der Waals surface area contributed by atoms with Crippen molar-refractivity contribution in [2.24, 2.45) is 0 Å². The number of piperidine rings is 1. The van der Waals surface area contributed by atoms with Gasteiger partial charge in [0.15, 0.2) is 0 Å². The summed E-state index contributed by atoms with van der Waals surface area (Å²) >= 11 is 0. The van der Waals surface area contributed by atoms with Crippen molar-refractivity contribution >= 4 is 10.8 Å². The molecule has 0 aliphatic carbocycles. The second kappa shape index (κ2) is 11.1. The minimum Gasteiger partial charge on any atom is -0.497 e. The third kappa shape index (κ3) is 5.62. The molecular formula is C29H34F3NO3. The smallest absolute Gasteiger partial charge is 0.417 e. The van der Waals surface area contributed by atoms with E-state index in [2.05, 4.69) is 4.90 Å². The van der Waals surface area contributed by atoms with Gasteiger partial charge in [0.2, 0.25) is 0 Å². The molecule has 1 heterocycles. The second-order valence-corrected chi connectivity index (χ2v) is 9.43. The van der Waals surface area contributed by atoms with Crippen LogP contribution in [0.4, 0.5) is 13.2 Å². The van der Waals surface area contributed by atoms with Gasteiger partial charge in [-0.25, -0.2) is 0 Å². The van der Waals surface area contributed by atoms with Gasteiger partial charge in [-0.3, -0.25) is 4.90 Å². The highest BCUT2D eigenvalue weighted by Gasteiger charge is 2.38. The Labute approximate surface area is 210 Å². The van der Waals surface area contributed by atoms with E-state index >= 15 is 0 Å². The summed E-state index contributed by atoms with van der Waals surface area (Å²) in [5.41, 5.74) is -1.02. The lowest BCUT2D eigenvalue weighted by Gasteiger charge is -2.43. The third-order valence-electron chi connectivity index (χ3n) is 7.18. The molecule has 0 spiro atoms. The van der Waals surface area contributed by atoms with Crippen LogP contribution in [0.5, 0.6) is 11.5 Å². The Balaban J connectivity index is 1.58. The molecular weight excluding hydrogens is 467 g/mol. The molecule has 1 N–H and O–H groups in total. The Bertz CT molecular complexity index is 1140. The first-order valence-corrected chi connectivity index (χ1v) is 12.6. The number of likely N-dealkylation sites (tertiary alicyclic amines) is 1. The maximum absolute atomic E-state index is 13.5. The van der Waals surface area contributed by atoms with Crippen LogP contribution in [-0.4, -0.2) is 36.3 Å². The van der Waals surface area contributed by atoms with Crippen LogP contribution in [0.1, 0.15) is 56.6 Å². The summed E-state index contributed by atoms with van der Waals surface area (Å²) in [4.78, 5) is 2.14. The number of aliphatic hydroxyl groups is 1. The van der Waals surface area contributed by atoms with E-state index in [1.165, 1.54) is 12.1 Å². The van der Waals surface area contributed by atoms with E-state index in [1.807, 2.05) is 31.2 Å². The van der Waals surface area contributed by atoms with Gasteiger partial charge >= 0.3 is 6.18 Å². The van der Waals surface area contributed by atoms with Crippen LogP contribution in [0.25, 0.3) is 10.8 Å². The molecule has 1 fully saturated rings. The number of benzene rings is 3. The summed E-state index contributed by atoms with van der Waals surface area (Å²) < 4.78 is 52.2. The van der Waals surface area contributed by atoms with Crippen molar-refractivity contribution in [1.82, 2.24) is 4.90 Å². The van der Waals surface area contributed by atoms with Gasteiger partial charge in [0, 0.05) is 18.5 Å². The zero-order chi connectivity index (χ0) is 25.8. The number of fused-ring (bicyclic) bond motifs is 1. The van der Waals surface area contributed by atoms with Gasteiger partial charge in [-0.05, 0) is 67.3 Å². The van der Waals surface area contributed by atoms with Gasteiger partial charge in [-0.15, -0.1) is 0 Å². The molecule has 36 heavy (non-hydrogen) atoms. The molecule has 1 aliphatic heterocycles. The summed E-state index contributed by atoms with van der Waals surface area (Å²) in [7, 11) is 1.61. The van der Waals surface area contributed by atoms with Crippen molar-refractivity contribution in [3.8, 4) is 11.5 Å². The maximum Gasteiger partial charge on any atom is 0.417 e. The summed E-state index contributed by atoms with van der Waals surface area (Å²) in [6, 6.07) is 16.5. The fraction of sp³-hybridized carbons (Fsp3) is 0.448. The van der Waals surface area contributed by atoms with E-state index in [9.17, 15) is 18.3 Å². The Morgan fingerprint density at radius 3 is 2.19 bits per heavy atom. The molecule has 4 rings (SSSR count). The quantitative estimate of drug-likeness (QED) is 0.339. The molecule has 0 aromatic heterocycles. The van der Waals surface area contributed by atoms with Crippen LogP contribution in [0, 0.1) is 0 Å². The van der Waals surface area contributed by atoms with Crippen molar-refractivity contribution in [2.75, 3.05) is 20.2 Å². The van der Waals surface area contributed by atoms with Crippen LogP contribution >= 0.6 is 0 Å². The predicted molar refractivity (Wildman–Crippen MR) is 135 cm³/mol. The van der Waals surface area contributed by atoms with Gasteiger partial charge < -0.3 is 14.6 Å². The van der Waals surface area contributed by atoms with E-state index in [0.717, 1.165) is 49.7 Å². The Hall–Kier alpha value is -2.77. The number of methoxy groups -OCH3 is 1. The number of hydrogen-bond acceptors (Lipinski definition) is 4. The molecule has 3 aromatic carbocycles. The largest absolute Gasteiger partial charge is 0.497 e. The molecule has 4 nitrogen and oxygen atoms in total. The predicted octanol–water partition coefficient (Wildman–Crippen LogP) is 7.14. The Kier molecular flexibility index (Phi) is 8.10. The summed E-state index contributed by atoms with van der Waals surface area (Å²) in [5, 5.41) is 12.5. The standard InChI is InChI=1S/C29H34F3NO3/c1-3-22(36-27-16-15-26(29(30,31)32)24-9-5-6-10-25(24)27)17-18-28(34,33-19-7-4-8-20-33)21-11-13-23(35-2)14-12-21/h5-6,9-16,22,34H,3-4,7-8,17-20H2,1-2H3. The number of ether oxygens (including phenoxy) is 2. The molecule has 7 heteroatoms. The van der Waals surface area contributed by atoms with E-state index < -0.39 is 17.5 Å². The second-order valence-electron chi connectivity index (χ2n) is 9.43. The zero-order valence-electron chi connectivity index (χ0n) is 20.9. The molecule has 0 amide bonds. The number of hydrogen-bond donors (Lipinski definition) is 1. The molecule has 194 valence electrons. The van der Waals surface area contributed by atoms with Crippen molar-refractivity contribution in [3.05, 3.63) is 71.8 Å². The van der Waals surface area contributed by atoms with Crippen LogP contribution in [0.2, 0.25) is 0 Å². The van der Waals surface area contributed by atoms with Crippen molar-refractivity contribution < 1.29 is 27.8 Å². The summed E-state index contributed by atoms with van der Waals surface area (Å²) in [5.74, 6) is 1.15.